The summed E-state index contributed by atoms with van der Waals surface area (Å²) in [5, 5.41) is 5.31. The molecule has 1 unspecified atom stereocenters. The number of rotatable bonds is 6. The number of hydrogen-bond donors (Lipinski definition) is 3. The summed E-state index contributed by atoms with van der Waals surface area (Å²) in [4.78, 5) is 25.3. The van der Waals surface area contributed by atoms with Gasteiger partial charge < -0.3 is 15.5 Å². The highest BCUT2D eigenvalue weighted by Gasteiger charge is 2.31. The molecule has 5 nitrogen and oxygen atoms in total. The minimum Gasteiger partial charge on any atom is -0.348 e. The maximum atomic E-state index is 13.7. The number of amides is 2. The lowest BCUT2D eigenvalue weighted by Gasteiger charge is -2.35. The zero-order valence-electron chi connectivity index (χ0n) is 16.7. The fraction of sp³-hybridized carbons (Fsp3) is 0.600. The molecule has 0 spiro atoms. The third kappa shape index (κ3) is 5.25. The molecule has 3 N–H and O–H groups in total. The van der Waals surface area contributed by atoms with Crippen molar-refractivity contribution in [2.24, 2.45) is 11.8 Å². The zero-order valence-corrected chi connectivity index (χ0v) is 16.7. The van der Waals surface area contributed by atoms with Crippen molar-refractivity contribution in [3.05, 3.63) is 29.6 Å². The molecule has 0 aliphatic heterocycles. The van der Waals surface area contributed by atoms with Gasteiger partial charge in [-0.25, -0.2) is 13.2 Å². The monoisotopic (exact) mass is 400 g/mol. The van der Waals surface area contributed by atoms with Crippen molar-refractivity contribution in [2.75, 3.05) is 18.9 Å². The van der Waals surface area contributed by atoms with E-state index < -0.39 is 35.1 Å². The van der Waals surface area contributed by atoms with Gasteiger partial charge in [0, 0.05) is 6.04 Å². The van der Waals surface area contributed by atoms with Crippen LogP contribution in [0.3, 0.4) is 0 Å². The van der Waals surface area contributed by atoms with E-state index in [4.69, 9.17) is 0 Å². The number of quaternary nitrogens is 1. The maximum Gasteiger partial charge on any atom is 0.279 e. The summed E-state index contributed by atoms with van der Waals surface area (Å²) in [6, 6.07) is 1.33. The van der Waals surface area contributed by atoms with Crippen molar-refractivity contribution in [1.82, 2.24) is 5.32 Å². The minimum absolute atomic E-state index is 0.121. The summed E-state index contributed by atoms with van der Waals surface area (Å²) in [6.07, 6.45) is 3.18. The van der Waals surface area contributed by atoms with Gasteiger partial charge >= 0.3 is 0 Å². The number of nitrogens with one attached hydrogen (secondary N) is 3. The average molecular weight is 400 g/mol. The first-order valence-electron chi connectivity index (χ1n) is 9.67. The number of benzene rings is 1. The van der Waals surface area contributed by atoms with Gasteiger partial charge in [0.1, 0.15) is 0 Å². The predicted octanol–water partition coefficient (Wildman–Crippen LogP) is 1.89. The molecule has 1 aromatic carbocycles. The van der Waals surface area contributed by atoms with Gasteiger partial charge in [-0.05, 0) is 37.3 Å². The highest BCUT2D eigenvalue weighted by molar-refractivity contribution is 5.91. The predicted molar refractivity (Wildman–Crippen MR) is 100 cm³/mol. The quantitative estimate of drug-likeness (QED) is 0.639. The molecule has 1 aliphatic carbocycles. The number of carbonyl (C=O) groups excluding carboxylic acids is 2. The van der Waals surface area contributed by atoms with Crippen molar-refractivity contribution in [2.45, 2.75) is 52.1 Å². The summed E-state index contributed by atoms with van der Waals surface area (Å²) < 4.78 is 39.9. The Morgan fingerprint density at radius 1 is 1.18 bits per heavy atom. The third-order valence-electron chi connectivity index (χ3n) is 5.92. The molecule has 1 saturated carbocycles. The molecule has 0 radical (unpaired) electrons. The molecule has 156 valence electrons. The van der Waals surface area contributed by atoms with Crippen molar-refractivity contribution in [1.29, 1.82) is 0 Å². The molecule has 2 amide bonds. The summed E-state index contributed by atoms with van der Waals surface area (Å²) in [5.74, 6) is -4.20. The molecule has 1 aromatic rings. The van der Waals surface area contributed by atoms with Gasteiger partial charge in [-0.1, -0.05) is 26.7 Å². The van der Waals surface area contributed by atoms with Crippen LogP contribution in [0.15, 0.2) is 12.1 Å². The molecule has 1 fully saturated rings. The Morgan fingerprint density at radius 2 is 1.86 bits per heavy atom. The van der Waals surface area contributed by atoms with Crippen LogP contribution < -0.4 is 15.5 Å². The zero-order chi connectivity index (χ0) is 21.0. The molecule has 0 saturated heterocycles. The molecule has 2 rings (SSSR count). The third-order valence-corrected chi connectivity index (χ3v) is 5.92. The molecule has 28 heavy (non-hydrogen) atoms. The van der Waals surface area contributed by atoms with Gasteiger partial charge in [0.2, 0.25) is 0 Å². The minimum atomic E-state index is -1.64. The van der Waals surface area contributed by atoms with E-state index >= 15 is 0 Å². The Kier molecular flexibility index (Phi) is 7.46. The van der Waals surface area contributed by atoms with E-state index in [2.05, 4.69) is 24.5 Å². The maximum absolute atomic E-state index is 13.7. The van der Waals surface area contributed by atoms with E-state index in [9.17, 15) is 22.8 Å². The standard InChI is InChI=1S/C20H28F3N3O2/c1-11-6-5-7-15(12(11)2)25-20(28)13(3)26(4)10-17(27)24-16-9-8-14(21)18(22)19(16)23/h8-9,11-13,15H,5-7,10H2,1-4H3,(H,24,27)(H,25,28)/p+1/t11-,12-,13-,15-/m1/s1. The first kappa shape index (κ1) is 22.2. The number of halogens is 3. The van der Waals surface area contributed by atoms with Gasteiger partial charge in [-0.15, -0.1) is 0 Å². The molecule has 0 aromatic heterocycles. The Labute approximate surface area is 163 Å². The molecule has 5 atom stereocenters. The lowest BCUT2D eigenvalue weighted by Crippen LogP contribution is -3.15. The van der Waals surface area contributed by atoms with Crippen LogP contribution in [0.4, 0.5) is 18.9 Å². The largest absolute Gasteiger partial charge is 0.348 e. The van der Waals surface area contributed by atoms with E-state index in [0.29, 0.717) is 16.7 Å². The highest BCUT2D eigenvalue weighted by Crippen LogP contribution is 2.29. The molecule has 1 aliphatic rings. The Hall–Kier alpha value is -2.09. The van der Waals surface area contributed by atoms with Crippen LogP contribution in [-0.4, -0.2) is 37.5 Å². The second-order valence-corrected chi connectivity index (χ2v) is 7.90. The van der Waals surface area contributed by atoms with Crippen LogP contribution in [0.5, 0.6) is 0 Å². The van der Waals surface area contributed by atoms with Crippen molar-refractivity contribution in [3.8, 4) is 0 Å². The molecule has 8 heteroatoms. The summed E-state index contributed by atoms with van der Waals surface area (Å²) in [6.45, 7) is 5.92. The lowest BCUT2D eigenvalue weighted by atomic mass is 9.78. The van der Waals surface area contributed by atoms with Gasteiger partial charge in [0.25, 0.3) is 11.8 Å². The molecular formula is C20H29F3N3O2+. The van der Waals surface area contributed by atoms with Crippen molar-refractivity contribution >= 4 is 17.5 Å². The van der Waals surface area contributed by atoms with E-state index in [-0.39, 0.29) is 18.5 Å². The Morgan fingerprint density at radius 3 is 2.54 bits per heavy atom. The van der Waals surface area contributed by atoms with E-state index in [1.807, 2.05) is 0 Å². The number of carbonyl (C=O) groups is 2. The van der Waals surface area contributed by atoms with Crippen LogP contribution >= 0.6 is 0 Å². The van der Waals surface area contributed by atoms with E-state index in [1.165, 1.54) is 0 Å². The molecule has 0 bridgehead atoms. The molecular weight excluding hydrogens is 371 g/mol. The second kappa shape index (κ2) is 9.41. The van der Waals surface area contributed by atoms with Crippen molar-refractivity contribution < 1.29 is 27.7 Å². The average Bonchev–Trinajstić information content (AvgIpc) is 2.65. The van der Waals surface area contributed by atoms with Gasteiger partial charge in [-0.2, -0.15) is 0 Å². The number of likely N-dealkylation sites (N-methyl/N-ethyl adjacent to an activating group) is 1. The topological polar surface area (TPSA) is 62.6 Å². The molecule has 0 heterocycles. The first-order chi connectivity index (χ1) is 13.1. The van der Waals surface area contributed by atoms with Crippen LogP contribution in [0.1, 0.15) is 40.0 Å². The van der Waals surface area contributed by atoms with Crippen molar-refractivity contribution in [3.63, 3.8) is 0 Å². The van der Waals surface area contributed by atoms with Crippen LogP contribution in [0.25, 0.3) is 0 Å². The lowest BCUT2D eigenvalue weighted by molar-refractivity contribution is -0.885. The summed E-state index contributed by atoms with van der Waals surface area (Å²) >= 11 is 0. The smallest absolute Gasteiger partial charge is 0.279 e. The van der Waals surface area contributed by atoms with Gasteiger partial charge in [0.05, 0.1) is 12.7 Å². The van der Waals surface area contributed by atoms with Gasteiger partial charge in [0.15, 0.2) is 30.0 Å². The summed E-state index contributed by atoms with van der Waals surface area (Å²) in [5.41, 5.74) is -0.432. The van der Waals surface area contributed by atoms with E-state index in [0.717, 1.165) is 31.4 Å². The fourth-order valence-corrected chi connectivity index (χ4v) is 3.54. The van der Waals surface area contributed by atoms with Crippen LogP contribution in [0.2, 0.25) is 0 Å². The Balaban J connectivity index is 1.90. The van der Waals surface area contributed by atoms with Crippen LogP contribution in [0, 0.1) is 29.3 Å². The number of anilines is 1. The first-order valence-corrected chi connectivity index (χ1v) is 9.67. The Bertz CT molecular complexity index is 729. The SMILES string of the molecule is C[C@@H]1[C@H](C)CCC[C@H]1NC(=O)[C@@H](C)[NH+](C)CC(=O)Nc1ccc(F)c(F)c1F. The highest BCUT2D eigenvalue weighted by atomic mass is 19.2. The second-order valence-electron chi connectivity index (χ2n) is 7.90. The van der Waals surface area contributed by atoms with Gasteiger partial charge in [-0.3, -0.25) is 9.59 Å². The van der Waals surface area contributed by atoms with E-state index in [1.54, 1.807) is 14.0 Å². The summed E-state index contributed by atoms with van der Waals surface area (Å²) in [7, 11) is 1.68. The number of hydrogen-bond acceptors (Lipinski definition) is 2. The van der Waals surface area contributed by atoms with Crippen LogP contribution in [-0.2, 0) is 9.59 Å². The fourth-order valence-electron chi connectivity index (χ4n) is 3.54. The normalized spacial score (nSPS) is 24.3.